The number of nitrogens with two attached hydrogens (primary N) is 1. The Bertz CT molecular complexity index is 2430. The number of hydrogen-bond donors (Lipinski definition) is 9. The maximum atomic E-state index is 12.5. The van der Waals surface area contributed by atoms with Gasteiger partial charge >= 0.3 is 5.97 Å². The van der Waals surface area contributed by atoms with E-state index in [9.17, 15) is 29.4 Å². The minimum absolute atomic E-state index is 0.170. The Morgan fingerprint density at radius 3 is 1.43 bits per heavy atom. The van der Waals surface area contributed by atoms with Gasteiger partial charge in [0, 0.05) is 33.6 Å². The number of aliphatic hydroxyl groups is 2. The van der Waals surface area contributed by atoms with Crippen molar-refractivity contribution in [3.05, 3.63) is 152 Å². The monoisotopic (exact) mass is 864 g/mol. The number of hydrazine groups is 2. The lowest BCUT2D eigenvalue weighted by Crippen LogP contribution is -2.52. The molecule has 0 aliphatic carbocycles. The highest BCUT2D eigenvalue weighted by Crippen LogP contribution is 2.36. The van der Waals surface area contributed by atoms with Gasteiger partial charge in [0.05, 0.1) is 58.7 Å². The summed E-state index contributed by atoms with van der Waals surface area (Å²) in [5.41, 5.74) is 10.2. The molecule has 0 aliphatic heterocycles. The van der Waals surface area contributed by atoms with Gasteiger partial charge in [0.15, 0.2) is 6.04 Å². The number of benzene rings is 4. The first kappa shape index (κ1) is 49.4. The van der Waals surface area contributed by atoms with Gasteiger partial charge in [0.25, 0.3) is 17.7 Å². The van der Waals surface area contributed by atoms with Crippen molar-refractivity contribution < 1.29 is 34.5 Å². The van der Waals surface area contributed by atoms with Crippen LogP contribution in [-0.2, 0) is 9.59 Å². The lowest BCUT2D eigenvalue weighted by Gasteiger charge is -2.23. The molecule has 0 saturated heterocycles. The van der Waals surface area contributed by atoms with Crippen LogP contribution in [0.15, 0.2) is 86.0 Å². The smallest absolute Gasteiger partial charge is 0.328 e. The molecule has 0 unspecified atom stereocenters. The Hall–Kier alpha value is -7.74. The zero-order valence-electron chi connectivity index (χ0n) is 32.4. The molecule has 0 fully saturated rings. The van der Waals surface area contributed by atoms with Gasteiger partial charge in [-0.3, -0.25) is 30.7 Å². The summed E-state index contributed by atoms with van der Waals surface area (Å²) >= 11 is 12.2. The van der Waals surface area contributed by atoms with Crippen molar-refractivity contribution in [2.24, 2.45) is 5.84 Å². The molecular formula is C42H38Cl2N10O7. The van der Waals surface area contributed by atoms with Crippen molar-refractivity contribution in [2.75, 3.05) is 10.6 Å². The fourth-order valence-corrected chi connectivity index (χ4v) is 5.43. The van der Waals surface area contributed by atoms with Gasteiger partial charge in [-0.05, 0) is 74.5 Å². The van der Waals surface area contributed by atoms with E-state index >= 15 is 0 Å². The zero-order chi connectivity index (χ0) is 45.8. The van der Waals surface area contributed by atoms with Gasteiger partial charge in [0.1, 0.15) is 6.04 Å². The number of rotatable bonds is 12. The van der Waals surface area contributed by atoms with Crippen molar-refractivity contribution in [2.45, 2.75) is 38.1 Å². The Balaban J connectivity index is 0.000000351. The summed E-state index contributed by atoms with van der Waals surface area (Å²) in [5.74, 6) is 2.07. The topological polar surface area (TPSA) is 271 Å². The number of halogens is 2. The zero-order valence-corrected chi connectivity index (χ0v) is 33.9. The van der Waals surface area contributed by atoms with E-state index in [4.69, 9.17) is 57.8 Å². The molecule has 4 aromatic carbocycles. The maximum Gasteiger partial charge on any atom is 0.328 e. The van der Waals surface area contributed by atoms with E-state index in [-0.39, 0.29) is 32.9 Å². The Kier molecular flexibility index (Phi) is 19.6. The van der Waals surface area contributed by atoms with Gasteiger partial charge in [-0.25, -0.2) is 20.3 Å². The van der Waals surface area contributed by atoms with Crippen LogP contribution in [0.3, 0.4) is 0 Å². The first-order valence-corrected chi connectivity index (χ1v) is 18.2. The first-order valence-electron chi connectivity index (χ1n) is 17.4. The molecule has 4 rings (SSSR count). The number of carboxylic acid groups (broad SMARTS) is 1. The number of carbonyl (C=O) groups is 4. The molecule has 0 radical (unpaired) electrons. The molecule has 0 bridgehead atoms. The second kappa shape index (κ2) is 24.2. The third-order valence-electron chi connectivity index (χ3n) is 8.09. The van der Waals surface area contributed by atoms with Crippen LogP contribution < -0.4 is 32.8 Å². The lowest BCUT2D eigenvalue weighted by atomic mass is 10.1. The normalized spacial score (nSPS) is 11.7. The molecule has 312 valence electrons. The molecule has 17 nitrogen and oxygen atoms in total. The summed E-state index contributed by atoms with van der Waals surface area (Å²) < 4.78 is 0. The SMILES string of the molecule is N#Cc1ccc(C(=O)NN)cc1.[C-]#[N+]c1ccc(N[C@@H](C(=O)NNC(=O)c2ccc(C#N)cc2)[C@H](C)O)c(C=C)c1Cl.[C-]#[N+]c1ccc(N[C@@H](C(=O)O)[C@H](C)O)c(C=C)c1Cl. The molecule has 0 aliphatic rings. The number of carbonyl (C=O) groups excluding carboxylic acids is 3. The molecule has 0 heterocycles. The number of aliphatic hydroxyl groups excluding tert-OH is 2. The Morgan fingerprint density at radius 1 is 0.705 bits per heavy atom. The van der Waals surface area contributed by atoms with Crippen LogP contribution in [0, 0.1) is 35.8 Å². The van der Waals surface area contributed by atoms with E-state index in [2.05, 4.69) is 44.3 Å². The van der Waals surface area contributed by atoms with Crippen molar-refractivity contribution in [1.82, 2.24) is 16.3 Å². The van der Waals surface area contributed by atoms with E-state index in [0.717, 1.165) is 0 Å². The molecule has 4 atom stereocenters. The number of nitrogen functional groups attached to an aromatic ring is 1. The van der Waals surface area contributed by atoms with Crippen LogP contribution >= 0.6 is 23.2 Å². The highest BCUT2D eigenvalue weighted by Gasteiger charge is 2.26. The number of nitrogens with one attached hydrogen (secondary N) is 5. The van der Waals surface area contributed by atoms with E-state index in [0.29, 0.717) is 39.2 Å². The number of nitrogens with zero attached hydrogens (tertiary/aromatic N) is 4. The number of aliphatic carboxylic acids is 1. The average Bonchev–Trinajstić information content (AvgIpc) is 3.26. The third kappa shape index (κ3) is 14.0. The summed E-state index contributed by atoms with van der Waals surface area (Å²) in [6.45, 7) is 24.1. The molecule has 0 aromatic heterocycles. The van der Waals surface area contributed by atoms with E-state index < -0.39 is 42.1 Å². The molecule has 0 saturated carbocycles. The van der Waals surface area contributed by atoms with Crippen LogP contribution in [0.4, 0.5) is 22.7 Å². The standard InChI is InChI=1S/C21H18ClN5O3.C13H13ClN2O3.C8H7N3O/c1-4-15-16(9-10-17(24-3)18(15)22)25-19(12(2)28)21(30)27-26-20(29)14-7-5-13(11-23)6-8-14;1-4-8-9(5-6-10(15-3)11(8)14)16-12(7(2)17)13(18)19;9-5-6-1-3-7(4-2-6)8(12)11-10/h4-10,12,19,25,28H,1H2,2H3,(H,26,29)(H,27,30);4-7,12,16-17H,1H2,2H3,(H,18,19);1-4H,10H2,(H,11,12)/t12-,19+;7-,12+;/m00./s1. The van der Waals surface area contributed by atoms with Crippen LogP contribution in [0.25, 0.3) is 21.8 Å². The molecule has 3 amide bonds. The molecular weight excluding hydrogens is 827 g/mol. The van der Waals surface area contributed by atoms with Crippen LogP contribution in [0.5, 0.6) is 0 Å². The summed E-state index contributed by atoms with van der Waals surface area (Å²) in [6.07, 6.45) is 0.645. The Labute approximate surface area is 360 Å². The summed E-state index contributed by atoms with van der Waals surface area (Å²) in [5, 5.41) is 51.6. The molecule has 19 heteroatoms. The highest BCUT2D eigenvalue weighted by atomic mass is 35.5. The summed E-state index contributed by atoms with van der Waals surface area (Å²) in [4.78, 5) is 53.2. The third-order valence-corrected chi connectivity index (χ3v) is 8.88. The van der Waals surface area contributed by atoms with Gasteiger partial charge in [0.2, 0.25) is 11.4 Å². The van der Waals surface area contributed by atoms with E-state index in [1.165, 1.54) is 68.5 Å². The number of carboxylic acids is 1. The number of nitriles is 2. The first-order chi connectivity index (χ1) is 29.0. The number of anilines is 2. The quantitative estimate of drug-likeness (QED) is 0.0345. The Morgan fingerprint density at radius 2 is 1.10 bits per heavy atom. The maximum absolute atomic E-state index is 12.5. The van der Waals surface area contributed by atoms with Gasteiger partial charge in [-0.2, -0.15) is 10.5 Å². The van der Waals surface area contributed by atoms with Crippen LogP contribution in [-0.4, -0.2) is 63.3 Å². The number of amides is 3. The second-order valence-corrected chi connectivity index (χ2v) is 13.0. The van der Waals surface area contributed by atoms with E-state index in [1.807, 2.05) is 17.6 Å². The van der Waals surface area contributed by atoms with Crippen molar-refractivity contribution in [1.29, 1.82) is 10.5 Å². The van der Waals surface area contributed by atoms with Gasteiger partial charge in [-0.15, -0.1) is 0 Å². The largest absolute Gasteiger partial charge is 0.480 e. The fourth-order valence-electron chi connectivity index (χ4n) is 4.86. The predicted octanol–water partition coefficient (Wildman–Crippen LogP) is 5.97. The second-order valence-electron chi connectivity index (χ2n) is 12.2. The van der Waals surface area contributed by atoms with Crippen molar-refractivity contribution in [3.8, 4) is 12.1 Å². The molecule has 10 N–H and O–H groups in total. The summed E-state index contributed by atoms with van der Waals surface area (Å²) in [7, 11) is 0. The number of hydrogen-bond acceptors (Lipinski definition) is 11. The minimum atomic E-state index is -1.18. The average molecular weight is 866 g/mol. The van der Waals surface area contributed by atoms with Gasteiger partial charge in [-0.1, -0.05) is 60.6 Å². The summed E-state index contributed by atoms with van der Waals surface area (Å²) in [6, 6.07) is 19.7. The minimum Gasteiger partial charge on any atom is -0.480 e. The van der Waals surface area contributed by atoms with Crippen LogP contribution in [0.2, 0.25) is 10.0 Å². The van der Waals surface area contributed by atoms with Crippen LogP contribution in [0.1, 0.15) is 56.8 Å². The predicted molar refractivity (Wildman–Crippen MR) is 231 cm³/mol. The molecule has 0 spiro atoms. The fraction of sp³-hybridized carbons (Fsp3) is 0.143. The van der Waals surface area contributed by atoms with Crippen molar-refractivity contribution in [3.63, 3.8) is 0 Å². The molecule has 4 aromatic rings. The van der Waals surface area contributed by atoms with E-state index in [1.54, 1.807) is 30.3 Å². The van der Waals surface area contributed by atoms with Crippen molar-refractivity contribution >= 4 is 81.8 Å². The highest BCUT2D eigenvalue weighted by molar-refractivity contribution is 6.35. The lowest BCUT2D eigenvalue weighted by molar-refractivity contribution is -0.140. The van der Waals surface area contributed by atoms with Gasteiger partial charge < -0.3 is 26.0 Å². The molecule has 61 heavy (non-hydrogen) atoms.